The SMILES string of the molecule is CCC[C@]1(c2ccccc2)O[C@H]([C@H](O)c2ccccc2)c2ccccc21. The third kappa shape index (κ3) is 2.76. The highest BCUT2D eigenvalue weighted by molar-refractivity contribution is 5.46. The lowest BCUT2D eigenvalue weighted by molar-refractivity contribution is -0.106. The number of fused-ring (bicyclic) bond motifs is 1. The van der Waals surface area contributed by atoms with E-state index in [-0.39, 0.29) is 6.10 Å². The number of benzene rings is 3. The largest absolute Gasteiger partial charge is 0.385 e. The standard InChI is InChI=1S/C24H24O2/c1-2-17-24(19-13-7-4-8-14-19)21-16-10-9-15-20(21)23(26-24)22(25)18-11-5-3-6-12-18/h3-16,22-23,25H,2,17H2,1H3/t22-,23+,24-/m1/s1. The number of aliphatic hydroxyl groups is 1. The van der Waals surface area contributed by atoms with E-state index in [0.717, 1.165) is 29.5 Å². The van der Waals surface area contributed by atoms with E-state index in [4.69, 9.17) is 4.74 Å². The summed E-state index contributed by atoms with van der Waals surface area (Å²) in [5.41, 5.74) is 3.78. The van der Waals surface area contributed by atoms with E-state index < -0.39 is 11.7 Å². The maximum absolute atomic E-state index is 11.1. The van der Waals surface area contributed by atoms with Gasteiger partial charge in [0.1, 0.15) is 17.8 Å². The Morgan fingerprint density at radius 3 is 2.19 bits per heavy atom. The Hall–Kier alpha value is -2.42. The fourth-order valence-corrected chi connectivity index (χ4v) is 4.14. The number of ether oxygens (including phenoxy) is 1. The summed E-state index contributed by atoms with van der Waals surface area (Å²) in [6, 6.07) is 28.5. The van der Waals surface area contributed by atoms with Crippen molar-refractivity contribution in [1.29, 1.82) is 0 Å². The van der Waals surface area contributed by atoms with Crippen LogP contribution in [0.15, 0.2) is 84.9 Å². The van der Waals surface area contributed by atoms with Crippen molar-refractivity contribution in [2.24, 2.45) is 0 Å². The van der Waals surface area contributed by atoms with Crippen molar-refractivity contribution in [3.05, 3.63) is 107 Å². The van der Waals surface area contributed by atoms with E-state index >= 15 is 0 Å². The van der Waals surface area contributed by atoms with Crippen molar-refractivity contribution in [1.82, 2.24) is 0 Å². The van der Waals surface area contributed by atoms with Gasteiger partial charge in [0, 0.05) is 0 Å². The van der Waals surface area contributed by atoms with Gasteiger partial charge in [0.15, 0.2) is 0 Å². The van der Waals surface area contributed by atoms with Crippen molar-refractivity contribution < 1.29 is 9.84 Å². The third-order valence-corrected chi connectivity index (χ3v) is 5.30. The molecule has 3 aromatic rings. The fourth-order valence-electron chi connectivity index (χ4n) is 4.14. The Kier molecular flexibility index (Phi) is 4.62. The highest BCUT2D eigenvalue weighted by Crippen LogP contribution is 2.53. The van der Waals surface area contributed by atoms with Gasteiger partial charge >= 0.3 is 0 Å². The minimum Gasteiger partial charge on any atom is -0.385 e. The van der Waals surface area contributed by atoms with Crippen LogP contribution in [0.3, 0.4) is 0 Å². The lowest BCUT2D eigenvalue weighted by atomic mass is 9.81. The highest BCUT2D eigenvalue weighted by Gasteiger charge is 2.47. The smallest absolute Gasteiger partial charge is 0.119 e. The van der Waals surface area contributed by atoms with E-state index in [1.807, 2.05) is 42.5 Å². The minimum atomic E-state index is -0.695. The number of hydrogen-bond donors (Lipinski definition) is 1. The van der Waals surface area contributed by atoms with Crippen LogP contribution in [-0.4, -0.2) is 5.11 Å². The molecule has 0 saturated carbocycles. The zero-order chi connectivity index (χ0) is 18.0. The third-order valence-electron chi connectivity index (χ3n) is 5.30. The van der Waals surface area contributed by atoms with Gasteiger partial charge in [-0.15, -0.1) is 0 Å². The minimum absolute atomic E-state index is 0.375. The summed E-state index contributed by atoms with van der Waals surface area (Å²) in [5, 5.41) is 11.1. The van der Waals surface area contributed by atoms with Crippen LogP contribution in [0.4, 0.5) is 0 Å². The Balaban J connectivity index is 1.83. The van der Waals surface area contributed by atoms with Gasteiger partial charge in [-0.1, -0.05) is 98.3 Å². The predicted molar refractivity (Wildman–Crippen MR) is 104 cm³/mol. The lowest BCUT2D eigenvalue weighted by Gasteiger charge is -2.32. The molecule has 0 saturated heterocycles. The fraction of sp³-hybridized carbons (Fsp3) is 0.250. The monoisotopic (exact) mass is 344 g/mol. The van der Waals surface area contributed by atoms with Gasteiger partial charge in [0.25, 0.3) is 0 Å². The summed E-state index contributed by atoms with van der Waals surface area (Å²) in [4.78, 5) is 0. The Bertz CT molecular complexity index is 860. The summed E-state index contributed by atoms with van der Waals surface area (Å²) in [5.74, 6) is 0. The van der Waals surface area contributed by atoms with Crippen LogP contribution in [0.25, 0.3) is 0 Å². The predicted octanol–water partition coefficient (Wildman–Crippen LogP) is 5.54. The topological polar surface area (TPSA) is 29.5 Å². The molecule has 2 heteroatoms. The first kappa shape index (κ1) is 17.0. The summed E-state index contributed by atoms with van der Waals surface area (Å²) < 4.78 is 6.71. The molecule has 1 N–H and O–H groups in total. The molecule has 0 radical (unpaired) electrons. The molecule has 0 bridgehead atoms. The molecule has 3 aromatic carbocycles. The van der Waals surface area contributed by atoms with Crippen LogP contribution in [-0.2, 0) is 10.3 Å². The van der Waals surface area contributed by atoms with Crippen LogP contribution >= 0.6 is 0 Å². The van der Waals surface area contributed by atoms with Gasteiger partial charge < -0.3 is 9.84 Å². The van der Waals surface area contributed by atoms with Crippen molar-refractivity contribution in [3.63, 3.8) is 0 Å². The van der Waals surface area contributed by atoms with Crippen LogP contribution in [0.2, 0.25) is 0 Å². The zero-order valence-corrected chi connectivity index (χ0v) is 15.0. The molecule has 0 unspecified atom stereocenters. The summed E-state index contributed by atoms with van der Waals surface area (Å²) in [6.45, 7) is 2.18. The van der Waals surface area contributed by atoms with E-state index in [1.54, 1.807) is 0 Å². The molecule has 0 spiro atoms. The normalized spacial score (nSPS) is 22.8. The van der Waals surface area contributed by atoms with Crippen LogP contribution in [0.1, 0.15) is 54.2 Å². The molecule has 26 heavy (non-hydrogen) atoms. The van der Waals surface area contributed by atoms with E-state index in [1.165, 1.54) is 5.56 Å². The maximum atomic E-state index is 11.1. The number of hydrogen-bond acceptors (Lipinski definition) is 2. The average molecular weight is 344 g/mol. The summed E-state index contributed by atoms with van der Waals surface area (Å²) >= 11 is 0. The molecule has 0 aromatic heterocycles. The van der Waals surface area contributed by atoms with Crippen molar-refractivity contribution >= 4 is 0 Å². The molecule has 1 aliphatic rings. The molecule has 4 rings (SSSR count). The second kappa shape index (κ2) is 7.06. The van der Waals surface area contributed by atoms with Gasteiger partial charge in [0.05, 0.1) is 0 Å². The molecule has 0 amide bonds. The van der Waals surface area contributed by atoms with Crippen molar-refractivity contribution in [2.75, 3.05) is 0 Å². The highest BCUT2D eigenvalue weighted by atomic mass is 16.5. The number of aliphatic hydroxyl groups excluding tert-OH is 1. The molecule has 3 atom stereocenters. The van der Waals surface area contributed by atoms with Gasteiger partial charge in [-0.3, -0.25) is 0 Å². The first-order chi connectivity index (χ1) is 12.8. The quantitative estimate of drug-likeness (QED) is 0.659. The second-order valence-electron chi connectivity index (χ2n) is 6.92. The van der Waals surface area contributed by atoms with E-state index in [0.29, 0.717) is 0 Å². The summed E-state index contributed by atoms with van der Waals surface area (Å²) in [7, 11) is 0. The van der Waals surface area contributed by atoms with E-state index in [9.17, 15) is 5.11 Å². The Morgan fingerprint density at radius 1 is 0.885 bits per heavy atom. The van der Waals surface area contributed by atoms with Gasteiger partial charge in [-0.25, -0.2) is 0 Å². The van der Waals surface area contributed by atoms with E-state index in [2.05, 4.69) is 49.4 Å². The second-order valence-corrected chi connectivity index (χ2v) is 6.92. The van der Waals surface area contributed by atoms with Crippen molar-refractivity contribution in [3.8, 4) is 0 Å². The molecular formula is C24H24O2. The molecular weight excluding hydrogens is 320 g/mol. The van der Waals surface area contributed by atoms with Gasteiger partial charge in [-0.05, 0) is 28.7 Å². The van der Waals surface area contributed by atoms with Gasteiger partial charge in [0.2, 0.25) is 0 Å². The molecule has 0 aliphatic carbocycles. The first-order valence-electron chi connectivity index (χ1n) is 9.32. The molecule has 0 fully saturated rings. The molecule has 1 aliphatic heterocycles. The first-order valence-corrected chi connectivity index (χ1v) is 9.32. The summed E-state index contributed by atoms with van der Waals surface area (Å²) in [6.07, 6.45) is 0.809. The zero-order valence-electron chi connectivity index (χ0n) is 15.0. The molecule has 2 nitrogen and oxygen atoms in total. The van der Waals surface area contributed by atoms with Crippen LogP contribution < -0.4 is 0 Å². The van der Waals surface area contributed by atoms with Crippen LogP contribution in [0.5, 0.6) is 0 Å². The maximum Gasteiger partial charge on any atom is 0.119 e. The van der Waals surface area contributed by atoms with Gasteiger partial charge in [-0.2, -0.15) is 0 Å². The van der Waals surface area contributed by atoms with Crippen LogP contribution in [0, 0.1) is 0 Å². The number of rotatable bonds is 5. The Morgan fingerprint density at radius 2 is 1.50 bits per heavy atom. The average Bonchev–Trinajstić information content (AvgIpc) is 3.05. The molecule has 1 heterocycles. The lowest BCUT2D eigenvalue weighted by Crippen LogP contribution is -2.28. The molecule has 132 valence electrons. The van der Waals surface area contributed by atoms with Crippen molar-refractivity contribution in [2.45, 2.75) is 37.6 Å². The Labute approximate surface area is 155 Å².